The highest BCUT2D eigenvalue weighted by molar-refractivity contribution is 5.95. The average molecular weight is 277 g/mol. The van der Waals surface area contributed by atoms with Crippen molar-refractivity contribution in [2.45, 2.75) is 18.8 Å². The van der Waals surface area contributed by atoms with E-state index in [4.69, 9.17) is 5.11 Å². The first-order valence-corrected chi connectivity index (χ1v) is 5.66. The van der Waals surface area contributed by atoms with E-state index in [2.05, 4.69) is 0 Å². The lowest BCUT2D eigenvalue weighted by molar-refractivity contribution is -0.0495. The number of nitrogens with zero attached hydrogens (tertiary/aromatic N) is 1. The number of halogens is 4. The molecule has 1 saturated heterocycles. The van der Waals surface area contributed by atoms with Crippen LogP contribution in [0, 0.1) is 11.6 Å². The molecule has 1 aromatic carbocycles. The average Bonchev–Trinajstić information content (AvgIpc) is 2.34. The van der Waals surface area contributed by atoms with E-state index in [-0.39, 0.29) is 13.1 Å². The Hall–Kier alpha value is -1.79. The van der Waals surface area contributed by atoms with Gasteiger partial charge in [-0.1, -0.05) is 0 Å². The highest BCUT2D eigenvalue weighted by Gasteiger charge is 2.37. The van der Waals surface area contributed by atoms with Crippen LogP contribution in [-0.2, 0) is 0 Å². The van der Waals surface area contributed by atoms with E-state index in [1.165, 1.54) is 0 Å². The van der Waals surface area contributed by atoms with Crippen molar-refractivity contribution in [3.05, 3.63) is 29.3 Å². The summed E-state index contributed by atoms with van der Waals surface area (Å²) in [4.78, 5) is 12.9. The molecule has 0 unspecified atom stereocenters. The number of carbonyl (C=O) groups excluding carboxylic acids is 1. The van der Waals surface area contributed by atoms with Crippen LogP contribution in [-0.4, -0.2) is 34.9 Å². The van der Waals surface area contributed by atoms with Gasteiger partial charge in [-0.3, -0.25) is 4.79 Å². The van der Waals surface area contributed by atoms with Gasteiger partial charge in [-0.2, -0.15) is 0 Å². The smallest absolute Gasteiger partial charge is 0.259 e. The fourth-order valence-corrected chi connectivity index (χ4v) is 1.93. The predicted molar refractivity (Wildman–Crippen MR) is 58.1 cm³/mol. The minimum atomic E-state index is -2.85. The maximum Gasteiger partial charge on any atom is 0.259 e. The number of amides is 1. The Morgan fingerprint density at radius 3 is 2.37 bits per heavy atom. The Morgan fingerprint density at radius 1 is 1.21 bits per heavy atom. The molecule has 1 aromatic rings. The fourth-order valence-electron chi connectivity index (χ4n) is 1.93. The molecule has 104 valence electrons. The van der Waals surface area contributed by atoms with Crippen molar-refractivity contribution in [3.8, 4) is 5.75 Å². The Morgan fingerprint density at radius 2 is 1.79 bits per heavy atom. The van der Waals surface area contributed by atoms with Gasteiger partial charge < -0.3 is 10.0 Å². The van der Waals surface area contributed by atoms with Gasteiger partial charge in [0, 0.05) is 25.9 Å². The van der Waals surface area contributed by atoms with Crippen molar-refractivity contribution >= 4 is 5.91 Å². The van der Waals surface area contributed by atoms with E-state index < -0.39 is 47.6 Å². The molecule has 0 aliphatic carbocycles. The van der Waals surface area contributed by atoms with E-state index in [0.29, 0.717) is 0 Å². The van der Waals surface area contributed by atoms with Crippen molar-refractivity contribution in [2.24, 2.45) is 0 Å². The molecule has 0 bridgehead atoms. The number of hydrogen-bond acceptors (Lipinski definition) is 2. The number of likely N-dealkylation sites (tertiary alicyclic amines) is 1. The third kappa shape index (κ3) is 2.64. The van der Waals surface area contributed by atoms with Crippen LogP contribution in [0.15, 0.2) is 12.1 Å². The predicted octanol–water partition coefficient (Wildman–Crippen LogP) is 2.54. The molecule has 1 aliphatic heterocycles. The minimum absolute atomic E-state index is 0.277. The fraction of sp³-hybridized carbons (Fsp3) is 0.417. The number of aromatic hydroxyl groups is 1. The number of benzene rings is 1. The first-order valence-electron chi connectivity index (χ1n) is 5.66. The Bertz CT molecular complexity index is 509. The number of alkyl halides is 2. The van der Waals surface area contributed by atoms with Gasteiger partial charge in [0.2, 0.25) is 0 Å². The van der Waals surface area contributed by atoms with Gasteiger partial charge in [0.05, 0.1) is 0 Å². The lowest BCUT2D eigenvalue weighted by atomic mass is 10.0. The Balaban J connectivity index is 2.24. The molecular formula is C12H11F4NO2. The molecule has 3 nitrogen and oxygen atoms in total. The van der Waals surface area contributed by atoms with Crippen LogP contribution in [0.5, 0.6) is 5.75 Å². The quantitative estimate of drug-likeness (QED) is 0.801. The van der Waals surface area contributed by atoms with E-state index in [1.54, 1.807) is 0 Å². The first-order chi connectivity index (χ1) is 8.82. The molecule has 0 radical (unpaired) electrons. The molecule has 0 saturated carbocycles. The molecule has 19 heavy (non-hydrogen) atoms. The van der Waals surface area contributed by atoms with Crippen molar-refractivity contribution < 1.29 is 27.5 Å². The largest absolute Gasteiger partial charge is 0.505 e. The highest BCUT2D eigenvalue weighted by Crippen LogP contribution is 2.30. The summed E-state index contributed by atoms with van der Waals surface area (Å²) in [5.74, 6) is -7.24. The van der Waals surface area contributed by atoms with Gasteiger partial charge in [-0.25, -0.2) is 17.6 Å². The number of phenols is 1. The third-order valence-electron chi connectivity index (χ3n) is 3.07. The van der Waals surface area contributed by atoms with E-state index in [0.717, 1.165) is 17.0 Å². The second-order valence-electron chi connectivity index (χ2n) is 4.40. The third-order valence-corrected chi connectivity index (χ3v) is 3.07. The summed E-state index contributed by atoms with van der Waals surface area (Å²) in [5, 5.41) is 9.12. The standard InChI is InChI=1S/C12H11F4NO2/c13-7-1-2-8(18)10(14)9(7)11(19)17-5-3-12(15,16)4-6-17/h1-2,18H,3-6H2. The summed E-state index contributed by atoms with van der Waals surface area (Å²) in [6, 6.07) is 1.54. The molecule has 2 rings (SSSR count). The zero-order valence-corrected chi connectivity index (χ0v) is 9.80. The van der Waals surface area contributed by atoms with Gasteiger partial charge in [-0.15, -0.1) is 0 Å². The minimum Gasteiger partial charge on any atom is -0.505 e. The summed E-state index contributed by atoms with van der Waals surface area (Å²) in [6.45, 7) is -0.555. The molecule has 0 spiro atoms. The normalized spacial score (nSPS) is 18.4. The Kier molecular flexibility index (Phi) is 3.38. The summed E-state index contributed by atoms with van der Waals surface area (Å²) >= 11 is 0. The van der Waals surface area contributed by atoms with Gasteiger partial charge >= 0.3 is 0 Å². The topological polar surface area (TPSA) is 40.5 Å². The number of hydrogen-bond donors (Lipinski definition) is 1. The van der Waals surface area contributed by atoms with E-state index in [1.807, 2.05) is 0 Å². The SMILES string of the molecule is O=C(c1c(F)ccc(O)c1F)N1CCC(F)(F)CC1. The van der Waals surface area contributed by atoms with Crippen LogP contribution in [0.1, 0.15) is 23.2 Å². The second-order valence-corrected chi connectivity index (χ2v) is 4.40. The van der Waals surface area contributed by atoms with E-state index >= 15 is 0 Å². The molecule has 0 aromatic heterocycles. The van der Waals surface area contributed by atoms with Crippen LogP contribution < -0.4 is 0 Å². The molecule has 0 atom stereocenters. The molecular weight excluding hydrogens is 266 g/mol. The van der Waals surface area contributed by atoms with Crippen molar-refractivity contribution in [1.82, 2.24) is 4.90 Å². The van der Waals surface area contributed by atoms with Gasteiger partial charge in [0.1, 0.15) is 11.4 Å². The van der Waals surface area contributed by atoms with Crippen molar-refractivity contribution in [1.29, 1.82) is 0 Å². The number of phenolic OH excluding ortho intramolecular Hbond substituents is 1. The zero-order valence-electron chi connectivity index (χ0n) is 9.80. The summed E-state index contributed by atoms with van der Waals surface area (Å²) < 4.78 is 52.9. The zero-order chi connectivity index (χ0) is 14.2. The lowest BCUT2D eigenvalue weighted by Crippen LogP contribution is -2.43. The van der Waals surface area contributed by atoms with Gasteiger partial charge in [-0.05, 0) is 12.1 Å². The monoisotopic (exact) mass is 277 g/mol. The van der Waals surface area contributed by atoms with Crippen molar-refractivity contribution in [3.63, 3.8) is 0 Å². The summed E-state index contributed by atoms with van der Waals surface area (Å²) in [7, 11) is 0. The molecule has 1 heterocycles. The highest BCUT2D eigenvalue weighted by atomic mass is 19.3. The molecule has 1 N–H and O–H groups in total. The molecule has 1 aliphatic rings. The molecule has 1 amide bonds. The molecule has 1 fully saturated rings. The van der Waals surface area contributed by atoms with Crippen LogP contribution in [0.4, 0.5) is 17.6 Å². The van der Waals surface area contributed by atoms with Crippen LogP contribution in [0.3, 0.4) is 0 Å². The lowest BCUT2D eigenvalue weighted by Gasteiger charge is -2.31. The van der Waals surface area contributed by atoms with Crippen LogP contribution >= 0.6 is 0 Å². The molecule has 7 heteroatoms. The maximum absolute atomic E-state index is 13.5. The summed E-state index contributed by atoms with van der Waals surface area (Å²) in [6.07, 6.45) is -1.08. The van der Waals surface area contributed by atoms with Crippen molar-refractivity contribution in [2.75, 3.05) is 13.1 Å². The number of carbonyl (C=O) groups is 1. The van der Waals surface area contributed by atoms with Gasteiger partial charge in [0.15, 0.2) is 11.6 Å². The first kappa shape index (κ1) is 13.6. The number of rotatable bonds is 1. The second kappa shape index (κ2) is 4.71. The summed E-state index contributed by atoms with van der Waals surface area (Å²) in [5.41, 5.74) is -0.912. The Labute approximate surface area is 106 Å². The van der Waals surface area contributed by atoms with Crippen LogP contribution in [0.2, 0.25) is 0 Å². The van der Waals surface area contributed by atoms with E-state index in [9.17, 15) is 22.4 Å². The van der Waals surface area contributed by atoms with Gasteiger partial charge in [0.25, 0.3) is 11.8 Å². The van der Waals surface area contributed by atoms with Crippen LogP contribution in [0.25, 0.3) is 0 Å². The number of piperidine rings is 1. The maximum atomic E-state index is 13.5.